The van der Waals surface area contributed by atoms with Gasteiger partial charge in [-0.15, -0.1) is 0 Å². The highest BCUT2D eigenvalue weighted by atomic mass is 127. The van der Waals surface area contributed by atoms with Crippen LogP contribution in [0.2, 0.25) is 0 Å². The largest absolute Gasteiger partial charge is 0.417 e. The normalized spacial score (nSPS) is 11.3. The molecule has 1 aromatic heterocycles. The van der Waals surface area contributed by atoms with Crippen LogP contribution in [-0.2, 0) is 6.18 Å². The number of alkyl halides is 4. The molecule has 0 unspecified atom stereocenters. The zero-order valence-corrected chi connectivity index (χ0v) is 10.9. The SMILES string of the molecule is O=C(NCCCI)c1ccc(C(F)(F)F)cn1. The number of carbonyl (C=O) groups excluding carboxylic acids is 1. The van der Waals surface area contributed by atoms with Crippen molar-refractivity contribution < 1.29 is 18.0 Å². The first kappa shape index (κ1) is 14.2. The Labute approximate surface area is 110 Å². The predicted octanol–water partition coefficient (Wildman–Crippen LogP) is 2.66. The molecule has 1 amide bonds. The van der Waals surface area contributed by atoms with E-state index in [-0.39, 0.29) is 5.69 Å². The molecule has 94 valence electrons. The number of amides is 1. The molecule has 1 N–H and O–H groups in total. The van der Waals surface area contributed by atoms with E-state index in [4.69, 9.17) is 0 Å². The molecule has 0 atom stereocenters. The summed E-state index contributed by atoms with van der Waals surface area (Å²) in [6.07, 6.45) is -2.95. The highest BCUT2D eigenvalue weighted by Gasteiger charge is 2.30. The van der Waals surface area contributed by atoms with Crippen LogP contribution >= 0.6 is 22.6 Å². The first-order chi connectivity index (χ1) is 7.95. The van der Waals surface area contributed by atoms with Crippen molar-refractivity contribution in [3.8, 4) is 0 Å². The second-order valence-electron chi connectivity index (χ2n) is 3.23. The standard InChI is InChI=1S/C10H10F3IN2O/c11-10(12,13)7-2-3-8(16-6-7)9(17)15-5-1-4-14/h2-3,6H,1,4-5H2,(H,15,17). The van der Waals surface area contributed by atoms with E-state index >= 15 is 0 Å². The molecule has 0 radical (unpaired) electrons. The Bertz CT molecular complexity index is 378. The maximum absolute atomic E-state index is 12.2. The molecule has 0 spiro atoms. The number of rotatable bonds is 4. The number of carbonyl (C=O) groups is 1. The lowest BCUT2D eigenvalue weighted by Gasteiger charge is -2.07. The van der Waals surface area contributed by atoms with Gasteiger partial charge in [0.15, 0.2) is 0 Å². The molecule has 0 aliphatic rings. The van der Waals surface area contributed by atoms with Crippen LogP contribution in [0.5, 0.6) is 0 Å². The van der Waals surface area contributed by atoms with E-state index in [1.165, 1.54) is 0 Å². The van der Waals surface area contributed by atoms with Crippen molar-refractivity contribution in [3.63, 3.8) is 0 Å². The number of hydrogen-bond acceptors (Lipinski definition) is 2. The van der Waals surface area contributed by atoms with Gasteiger partial charge in [-0.2, -0.15) is 13.2 Å². The highest BCUT2D eigenvalue weighted by Crippen LogP contribution is 2.28. The minimum atomic E-state index is -4.43. The average molecular weight is 358 g/mol. The van der Waals surface area contributed by atoms with Gasteiger partial charge in [0.1, 0.15) is 5.69 Å². The number of nitrogens with zero attached hydrogens (tertiary/aromatic N) is 1. The molecule has 17 heavy (non-hydrogen) atoms. The van der Waals surface area contributed by atoms with Crippen molar-refractivity contribution >= 4 is 28.5 Å². The maximum atomic E-state index is 12.2. The fourth-order valence-corrected chi connectivity index (χ4v) is 1.44. The maximum Gasteiger partial charge on any atom is 0.417 e. The minimum absolute atomic E-state index is 0.00791. The molecule has 7 heteroatoms. The number of nitrogens with one attached hydrogen (secondary N) is 1. The van der Waals surface area contributed by atoms with Crippen molar-refractivity contribution in [2.24, 2.45) is 0 Å². The van der Waals surface area contributed by atoms with Crippen molar-refractivity contribution in [2.75, 3.05) is 11.0 Å². The van der Waals surface area contributed by atoms with Crippen LogP contribution in [0.1, 0.15) is 22.5 Å². The van der Waals surface area contributed by atoms with Crippen LogP contribution in [-0.4, -0.2) is 21.9 Å². The Morgan fingerprint density at radius 1 is 1.41 bits per heavy atom. The van der Waals surface area contributed by atoms with Gasteiger partial charge in [0.05, 0.1) is 5.56 Å². The fourth-order valence-electron chi connectivity index (χ4n) is 1.06. The summed E-state index contributed by atoms with van der Waals surface area (Å²) in [5, 5.41) is 2.57. The Kier molecular flexibility index (Phi) is 5.16. The molecule has 1 heterocycles. The van der Waals surface area contributed by atoms with E-state index in [0.717, 1.165) is 23.0 Å². The molecular weight excluding hydrogens is 348 g/mol. The molecule has 0 aromatic carbocycles. The zero-order valence-electron chi connectivity index (χ0n) is 8.72. The highest BCUT2D eigenvalue weighted by molar-refractivity contribution is 14.1. The first-order valence-corrected chi connectivity index (χ1v) is 6.35. The molecule has 0 fully saturated rings. The first-order valence-electron chi connectivity index (χ1n) is 4.82. The van der Waals surface area contributed by atoms with Gasteiger partial charge in [0.2, 0.25) is 0 Å². The molecule has 1 aromatic rings. The molecule has 1 rings (SSSR count). The molecule has 0 bridgehead atoms. The Balaban J connectivity index is 2.64. The van der Waals surface area contributed by atoms with Crippen molar-refractivity contribution in [1.29, 1.82) is 0 Å². The molecule has 0 aliphatic carbocycles. The van der Waals surface area contributed by atoms with Gasteiger partial charge in [-0.25, -0.2) is 0 Å². The number of aromatic nitrogens is 1. The summed E-state index contributed by atoms with van der Waals surface area (Å²) in [7, 11) is 0. The third-order valence-corrected chi connectivity index (χ3v) is 2.68. The van der Waals surface area contributed by atoms with Crippen molar-refractivity contribution in [1.82, 2.24) is 10.3 Å². The van der Waals surface area contributed by atoms with Gasteiger partial charge in [-0.1, -0.05) is 22.6 Å². The minimum Gasteiger partial charge on any atom is -0.351 e. The monoisotopic (exact) mass is 358 g/mol. The summed E-state index contributed by atoms with van der Waals surface area (Å²) in [5.74, 6) is -0.455. The lowest BCUT2D eigenvalue weighted by atomic mass is 10.2. The van der Waals surface area contributed by atoms with Gasteiger partial charge in [0, 0.05) is 17.2 Å². The van der Waals surface area contributed by atoms with Crippen molar-refractivity contribution in [3.05, 3.63) is 29.6 Å². The fraction of sp³-hybridized carbons (Fsp3) is 0.400. The Hall–Kier alpha value is -0.860. The summed E-state index contributed by atoms with van der Waals surface area (Å²) in [4.78, 5) is 14.9. The van der Waals surface area contributed by atoms with Gasteiger partial charge in [-0.05, 0) is 18.6 Å². The molecule has 0 saturated heterocycles. The summed E-state index contributed by atoms with van der Waals surface area (Å²) in [6.45, 7) is 0.491. The Morgan fingerprint density at radius 3 is 2.59 bits per heavy atom. The summed E-state index contributed by atoms with van der Waals surface area (Å²) in [6, 6.07) is 1.92. The topological polar surface area (TPSA) is 42.0 Å². The van der Waals surface area contributed by atoms with Crippen LogP contribution in [0.4, 0.5) is 13.2 Å². The second-order valence-corrected chi connectivity index (χ2v) is 4.31. The molecule has 0 aliphatic heterocycles. The van der Waals surface area contributed by atoms with Crippen LogP contribution in [0.15, 0.2) is 18.3 Å². The average Bonchev–Trinajstić information content (AvgIpc) is 2.28. The van der Waals surface area contributed by atoms with Crippen LogP contribution < -0.4 is 5.32 Å². The van der Waals surface area contributed by atoms with Gasteiger partial charge >= 0.3 is 6.18 Å². The molecular formula is C10H10F3IN2O. The van der Waals surface area contributed by atoms with Crippen LogP contribution in [0.3, 0.4) is 0 Å². The van der Waals surface area contributed by atoms with E-state index < -0.39 is 17.6 Å². The smallest absolute Gasteiger partial charge is 0.351 e. The quantitative estimate of drug-likeness (QED) is 0.511. The second kappa shape index (κ2) is 6.18. The van der Waals surface area contributed by atoms with E-state index in [9.17, 15) is 18.0 Å². The summed E-state index contributed by atoms with van der Waals surface area (Å²) < 4.78 is 37.6. The van der Waals surface area contributed by atoms with Crippen LogP contribution in [0, 0.1) is 0 Å². The van der Waals surface area contributed by atoms with Gasteiger partial charge in [0.25, 0.3) is 5.91 Å². The number of halogens is 4. The van der Waals surface area contributed by atoms with Gasteiger partial charge < -0.3 is 5.32 Å². The third-order valence-electron chi connectivity index (χ3n) is 1.92. The number of pyridine rings is 1. The lowest BCUT2D eigenvalue weighted by molar-refractivity contribution is -0.137. The molecule has 0 saturated carbocycles. The third kappa shape index (κ3) is 4.49. The van der Waals surface area contributed by atoms with E-state index in [1.807, 2.05) is 0 Å². The van der Waals surface area contributed by atoms with Crippen LogP contribution in [0.25, 0.3) is 0 Å². The van der Waals surface area contributed by atoms with E-state index in [2.05, 4.69) is 32.9 Å². The number of hydrogen-bond donors (Lipinski definition) is 1. The lowest BCUT2D eigenvalue weighted by Crippen LogP contribution is -2.25. The zero-order chi connectivity index (χ0) is 12.9. The van der Waals surface area contributed by atoms with Gasteiger partial charge in [-0.3, -0.25) is 9.78 Å². The summed E-state index contributed by atoms with van der Waals surface area (Å²) >= 11 is 2.17. The summed E-state index contributed by atoms with van der Waals surface area (Å²) in [5.41, 5.74) is -0.868. The van der Waals surface area contributed by atoms with E-state index in [1.54, 1.807) is 0 Å². The Morgan fingerprint density at radius 2 is 2.12 bits per heavy atom. The van der Waals surface area contributed by atoms with Crippen molar-refractivity contribution in [2.45, 2.75) is 12.6 Å². The predicted molar refractivity (Wildman–Crippen MR) is 65.1 cm³/mol. The van der Waals surface area contributed by atoms with E-state index in [0.29, 0.717) is 12.7 Å². The molecule has 3 nitrogen and oxygen atoms in total.